The maximum Gasteiger partial charge on any atom is -0.0274 e. The summed E-state index contributed by atoms with van der Waals surface area (Å²) in [6.07, 6.45) is 12.5. The van der Waals surface area contributed by atoms with Crippen molar-refractivity contribution in [3.8, 4) is 0 Å². The van der Waals surface area contributed by atoms with Crippen LogP contribution in [0.1, 0.15) is 80.5 Å². The van der Waals surface area contributed by atoms with Gasteiger partial charge in [0.25, 0.3) is 0 Å². The highest BCUT2D eigenvalue weighted by Gasteiger charge is 2.03. The fraction of sp³-hybridized carbons (Fsp3) is 0.684. The quantitative estimate of drug-likeness (QED) is 0.457. The second-order valence-electron chi connectivity index (χ2n) is 6.10. The molecule has 1 aromatic rings. The monoisotopic (exact) mass is 260 g/mol. The summed E-state index contributed by atoms with van der Waals surface area (Å²) in [5, 5.41) is 0. The molecule has 0 radical (unpaired) electrons. The molecule has 0 saturated carbocycles. The van der Waals surface area contributed by atoms with Gasteiger partial charge in [0.15, 0.2) is 0 Å². The van der Waals surface area contributed by atoms with E-state index in [-0.39, 0.29) is 0 Å². The van der Waals surface area contributed by atoms with Crippen molar-refractivity contribution in [2.75, 3.05) is 0 Å². The number of aryl methyl sites for hydroxylation is 3. The predicted octanol–water partition coefficient (Wildman–Crippen LogP) is 6.30. The summed E-state index contributed by atoms with van der Waals surface area (Å²) >= 11 is 0. The molecule has 108 valence electrons. The van der Waals surface area contributed by atoms with Crippen molar-refractivity contribution >= 4 is 0 Å². The van der Waals surface area contributed by atoms with E-state index >= 15 is 0 Å². The van der Waals surface area contributed by atoms with Crippen LogP contribution in [0.4, 0.5) is 0 Å². The SMILES string of the molecule is CCCCCCCCCCc1c(C)cc(C)cc1C. The first-order valence-electron chi connectivity index (χ1n) is 8.22. The zero-order valence-corrected chi connectivity index (χ0v) is 13.5. The number of benzene rings is 1. The minimum Gasteiger partial charge on any atom is -0.0654 e. The Bertz CT molecular complexity index is 339. The van der Waals surface area contributed by atoms with Crippen molar-refractivity contribution in [1.29, 1.82) is 0 Å². The van der Waals surface area contributed by atoms with Crippen molar-refractivity contribution in [2.45, 2.75) is 85.5 Å². The molecule has 0 nitrogen and oxygen atoms in total. The van der Waals surface area contributed by atoms with Crippen LogP contribution in [0, 0.1) is 20.8 Å². The van der Waals surface area contributed by atoms with E-state index in [9.17, 15) is 0 Å². The molecule has 19 heavy (non-hydrogen) atoms. The van der Waals surface area contributed by atoms with Gasteiger partial charge in [-0.2, -0.15) is 0 Å². The lowest BCUT2D eigenvalue weighted by Crippen LogP contribution is -1.95. The second-order valence-corrected chi connectivity index (χ2v) is 6.10. The topological polar surface area (TPSA) is 0 Å². The standard InChI is InChI=1S/C19H32/c1-5-6-7-8-9-10-11-12-13-19-17(3)14-16(2)15-18(19)4/h14-15H,5-13H2,1-4H3. The molecule has 1 rings (SSSR count). The van der Waals surface area contributed by atoms with E-state index in [2.05, 4.69) is 39.8 Å². The summed E-state index contributed by atoms with van der Waals surface area (Å²) in [6.45, 7) is 9.01. The molecule has 0 amide bonds. The molecule has 0 heterocycles. The maximum absolute atomic E-state index is 2.33. The van der Waals surface area contributed by atoms with E-state index in [0.29, 0.717) is 0 Å². The van der Waals surface area contributed by atoms with Crippen LogP contribution in [-0.4, -0.2) is 0 Å². The van der Waals surface area contributed by atoms with Gasteiger partial charge < -0.3 is 0 Å². The molecule has 0 bridgehead atoms. The van der Waals surface area contributed by atoms with Crippen LogP contribution < -0.4 is 0 Å². The Kier molecular flexibility index (Phi) is 7.86. The zero-order valence-electron chi connectivity index (χ0n) is 13.5. The van der Waals surface area contributed by atoms with Gasteiger partial charge in [0.05, 0.1) is 0 Å². The van der Waals surface area contributed by atoms with E-state index in [1.807, 2.05) is 0 Å². The Morgan fingerprint density at radius 2 is 1.16 bits per heavy atom. The van der Waals surface area contributed by atoms with Gasteiger partial charge in [-0.1, -0.05) is 69.6 Å². The largest absolute Gasteiger partial charge is 0.0654 e. The van der Waals surface area contributed by atoms with Gasteiger partial charge in [0, 0.05) is 0 Å². The molecule has 0 aliphatic rings. The summed E-state index contributed by atoms with van der Waals surface area (Å²) in [4.78, 5) is 0. The molecule has 0 aliphatic heterocycles. The van der Waals surface area contributed by atoms with Crippen LogP contribution in [-0.2, 0) is 6.42 Å². The molecule has 0 unspecified atom stereocenters. The molecule has 0 spiro atoms. The average molecular weight is 260 g/mol. The highest BCUT2D eigenvalue weighted by molar-refractivity contribution is 5.37. The fourth-order valence-electron chi connectivity index (χ4n) is 3.04. The number of rotatable bonds is 9. The number of hydrogen-bond acceptors (Lipinski definition) is 0. The van der Waals surface area contributed by atoms with E-state index < -0.39 is 0 Å². The van der Waals surface area contributed by atoms with Gasteiger partial charge in [0.2, 0.25) is 0 Å². The molecule has 0 atom stereocenters. The minimum atomic E-state index is 1.27. The van der Waals surface area contributed by atoms with Gasteiger partial charge in [-0.3, -0.25) is 0 Å². The summed E-state index contributed by atoms with van der Waals surface area (Å²) in [5.41, 5.74) is 5.96. The third kappa shape index (κ3) is 6.27. The summed E-state index contributed by atoms with van der Waals surface area (Å²) in [6, 6.07) is 4.65. The first-order chi connectivity index (χ1) is 9.15. The second kappa shape index (κ2) is 9.18. The van der Waals surface area contributed by atoms with Crippen LogP contribution in [0.3, 0.4) is 0 Å². The predicted molar refractivity (Wildman–Crippen MR) is 87.0 cm³/mol. The van der Waals surface area contributed by atoms with Gasteiger partial charge in [-0.25, -0.2) is 0 Å². The van der Waals surface area contributed by atoms with Crippen molar-refractivity contribution in [2.24, 2.45) is 0 Å². The summed E-state index contributed by atoms with van der Waals surface area (Å²) < 4.78 is 0. The minimum absolute atomic E-state index is 1.27. The van der Waals surface area contributed by atoms with E-state index in [1.165, 1.54) is 74.5 Å². The van der Waals surface area contributed by atoms with Gasteiger partial charge in [0.1, 0.15) is 0 Å². The van der Waals surface area contributed by atoms with Gasteiger partial charge in [-0.15, -0.1) is 0 Å². The first-order valence-corrected chi connectivity index (χ1v) is 8.22. The molecule has 0 heteroatoms. The Labute approximate surface area is 120 Å². The van der Waals surface area contributed by atoms with E-state index in [4.69, 9.17) is 0 Å². The van der Waals surface area contributed by atoms with Crippen LogP contribution in [0.2, 0.25) is 0 Å². The molecule has 0 saturated heterocycles. The van der Waals surface area contributed by atoms with Crippen LogP contribution in [0.15, 0.2) is 12.1 Å². The van der Waals surface area contributed by atoms with Crippen molar-refractivity contribution in [1.82, 2.24) is 0 Å². The van der Waals surface area contributed by atoms with Gasteiger partial charge in [-0.05, 0) is 50.3 Å². The number of unbranched alkanes of at least 4 members (excludes halogenated alkanes) is 7. The Morgan fingerprint density at radius 1 is 0.684 bits per heavy atom. The van der Waals surface area contributed by atoms with E-state index in [0.717, 1.165) is 0 Å². The smallest absolute Gasteiger partial charge is 0.0274 e. The molecule has 0 N–H and O–H groups in total. The summed E-state index contributed by atoms with van der Waals surface area (Å²) in [5.74, 6) is 0. The number of hydrogen-bond donors (Lipinski definition) is 0. The van der Waals surface area contributed by atoms with Crippen LogP contribution in [0.25, 0.3) is 0 Å². The van der Waals surface area contributed by atoms with E-state index in [1.54, 1.807) is 5.56 Å². The third-order valence-electron chi connectivity index (χ3n) is 4.12. The van der Waals surface area contributed by atoms with Gasteiger partial charge >= 0.3 is 0 Å². The summed E-state index contributed by atoms with van der Waals surface area (Å²) in [7, 11) is 0. The molecule has 1 aromatic carbocycles. The first kappa shape index (κ1) is 16.3. The van der Waals surface area contributed by atoms with Crippen LogP contribution in [0.5, 0.6) is 0 Å². The maximum atomic E-state index is 2.33. The molecule has 0 aliphatic carbocycles. The Balaban J connectivity index is 2.19. The zero-order chi connectivity index (χ0) is 14.1. The molecular formula is C19H32. The third-order valence-corrected chi connectivity index (χ3v) is 4.12. The Hall–Kier alpha value is -0.780. The van der Waals surface area contributed by atoms with Crippen molar-refractivity contribution in [3.63, 3.8) is 0 Å². The lowest BCUT2D eigenvalue weighted by atomic mass is 9.95. The van der Waals surface area contributed by atoms with Crippen molar-refractivity contribution < 1.29 is 0 Å². The average Bonchev–Trinajstić information content (AvgIpc) is 2.35. The normalized spacial score (nSPS) is 10.9. The highest BCUT2D eigenvalue weighted by Crippen LogP contribution is 2.19. The molecule has 0 aromatic heterocycles. The van der Waals surface area contributed by atoms with Crippen LogP contribution >= 0.6 is 0 Å². The lowest BCUT2D eigenvalue weighted by molar-refractivity contribution is 0.575. The lowest BCUT2D eigenvalue weighted by Gasteiger charge is -2.11. The molecule has 0 fully saturated rings. The van der Waals surface area contributed by atoms with Crippen molar-refractivity contribution in [3.05, 3.63) is 34.4 Å². The highest BCUT2D eigenvalue weighted by atomic mass is 14.1. The Morgan fingerprint density at radius 3 is 1.68 bits per heavy atom. The fourth-order valence-corrected chi connectivity index (χ4v) is 3.04. The molecular weight excluding hydrogens is 228 g/mol.